The van der Waals surface area contributed by atoms with Crippen LogP contribution in [0.5, 0.6) is 0 Å². The lowest BCUT2D eigenvalue weighted by Crippen LogP contribution is -2.51. The third-order valence-electron chi connectivity index (χ3n) is 4.03. The number of carbonyl (C=O) groups excluding carboxylic acids is 1. The van der Waals surface area contributed by atoms with Crippen molar-refractivity contribution in [3.8, 4) is 0 Å². The van der Waals surface area contributed by atoms with Gasteiger partial charge in [0.2, 0.25) is 5.95 Å². The Labute approximate surface area is 138 Å². The first kappa shape index (κ1) is 16.3. The number of H-pyrrole nitrogens is 1. The number of rotatable bonds is 4. The van der Waals surface area contributed by atoms with Gasteiger partial charge in [-0.1, -0.05) is 0 Å². The molecule has 2 aromatic heterocycles. The van der Waals surface area contributed by atoms with E-state index in [1.165, 1.54) is 12.3 Å². The molecule has 24 heavy (non-hydrogen) atoms. The molecule has 3 heterocycles. The van der Waals surface area contributed by atoms with Gasteiger partial charge in [0.15, 0.2) is 0 Å². The molecule has 0 radical (unpaired) electrons. The minimum atomic E-state index is -1.48. The van der Waals surface area contributed by atoms with Crippen molar-refractivity contribution in [3.05, 3.63) is 35.4 Å². The second-order valence-corrected chi connectivity index (χ2v) is 6.10. The van der Waals surface area contributed by atoms with Gasteiger partial charge in [-0.05, 0) is 26.0 Å². The number of aryl methyl sites for hydroxylation is 2. The molecule has 2 atom stereocenters. The van der Waals surface area contributed by atoms with Crippen LogP contribution in [-0.4, -0.2) is 67.6 Å². The number of hydrogen-bond donors (Lipinski definition) is 4. The molecule has 0 aromatic carbocycles. The van der Waals surface area contributed by atoms with Crippen molar-refractivity contribution in [1.82, 2.24) is 25.5 Å². The maximum atomic E-state index is 11.9. The van der Waals surface area contributed by atoms with E-state index in [0.29, 0.717) is 11.6 Å². The van der Waals surface area contributed by atoms with Crippen molar-refractivity contribution in [1.29, 1.82) is 0 Å². The Morgan fingerprint density at radius 2 is 2.17 bits per heavy atom. The van der Waals surface area contributed by atoms with E-state index in [9.17, 15) is 15.0 Å². The normalized spacial score (nSPS) is 23.5. The molecule has 0 spiro atoms. The van der Waals surface area contributed by atoms with Crippen LogP contribution in [0.4, 0.5) is 5.95 Å². The zero-order chi connectivity index (χ0) is 17.3. The summed E-state index contributed by atoms with van der Waals surface area (Å²) in [6.45, 7) is 3.95. The second-order valence-electron chi connectivity index (χ2n) is 6.10. The molecule has 0 aliphatic carbocycles. The molecule has 128 valence electrons. The van der Waals surface area contributed by atoms with Crippen LogP contribution in [0, 0.1) is 13.8 Å². The molecule has 1 aliphatic rings. The van der Waals surface area contributed by atoms with Crippen molar-refractivity contribution in [3.63, 3.8) is 0 Å². The number of anilines is 1. The lowest BCUT2D eigenvalue weighted by Gasteiger charge is -2.25. The van der Waals surface area contributed by atoms with Gasteiger partial charge in [-0.15, -0.1) is 0 Å². The van der Waals surface area contributed by atoms with E-state index in [2.05, 4.69) is 25.5 Å². The molecule has 9 nitrogen and oxygen atoms in total. The van der Waals surface area contributed by atoms with Gasteiger partial charge in [-0.3, -0.25) is 9.89 Å². The SMILES string of the molecule is Cc1cc(C)nc(N2C[C@@H](O)[C@](O)(CNC(=O)c3ccn[nH]3)C2)n1. The fourth-order valence-corrected chi connectivity index (χ4v) is 2.76. The van der Waals surface area contributed by atoms with Gasteiger partial charge < -0.3 is 20.4 Å². The first-order valence-electron chi connectivity index (χ1n) is 7.63. The molecule has 1 fully saturated rings. The molecule has 3 rings (SSSR count). The van der Waals surface area contributed by atoms with Crippen LogP contribution in [0.3, 0.4) is 0 Å². The zero-order valence-corrected chi connectivity index (χ0v) is 13.5. The molecule has 4 N–H and O–H groups in total. The summed E-state index contributed by atoms with van der Waals surface area (Å²) in [5.41, 5.74) is 0.446. The summed E-state index contributed by atoms with van der Waals surface area (Å²) in [7, 11) is 0. The molecule has 1 aliphatic heterocycles. The summed E-state index contributed by atoms with van der Waals surface area (Å²) in [6.07, 6.45) is 0.441. The molecule has 1 amide bonds. The van der Waals surface area contributed by atoms with E-state index in [1.807, 2.05) is 19.9 Å². The Kier molecular flexibility index (Phi) is 4.20. The molecular weight excluding hydrogens is 312 g/mol. The summed E-state index contributed by atoms with van der Waals surface area (Å²) < 4.78 is 0. The van der Waals surface area contributed by atoms with Crippen LogP contribution in [-0.2, 0) is 0 Å². The van der Waals surface area contributed by atoms with Gasteiger partial charge >= 0.3 is 0 Å². The minimum Gasteiger partial charge on any atom is -0.388 e. The van der Waals surface area contributed by atoms with E-state index in [1.54, 1.807) is 4.90 Å². The van der Waals surface area contributed by atoms with Gasteiger partial charge in [-0.2, -0.15) is 5.10 Å². The maximum absolute atomic E-state index is 11.9. The summed E-state index contributed by atoms with van der Waals surface area (Å²) in [5.74, 6) is 0.0663. The Hall–Kier alpha value is -2.52. The molecule has 1 saturated heterocycles. The predicted molar refractivity (Wildman–Crippen MR) is 85.6 cm³/mol. The van der Waals surface area contributed by atoms with Gasteiger partial charge in [0.1, 0.15) is 17.4 Å². The summed E-state index contributed by atoms with van der Waals surface area (Å²) >= 11 is 0. The highest BCUT2D eigenvalue weighted by Crippen LogP contribution is 2.25. The first-order valence-corrected chi connectivity index (χ1v) is 7.63. The summed E-state index contributed by atoms with van der Waals surface area (Å²) in [5, 5.41) is 29.8. The smallest absolute Gasteiger partial charge is 0.269 e. The topological polar surface area (TPSA) is 127 Å². The fraction of sp³-hybridized carbons (Fsp3) is 0.467. The first-order chi connectivity index (χ1) is 11.4. The van der Waals surface area contributed by atoms with Crippen molar-refractivity contribution in [2.24, 2.45) is 0 Å². The van der Waals surface area contributed by atoms with E-state index in [4.69, 9.17) is 0 Å². The number of β-amino-alcohol motifs (C(OH)–C–C–N with tert-alkyl or cyclic N) is 2. The molecule has 0 bridgehead atoms. The second kappa shape index (κ2) is 6.17. The Balaban J connectivity index is 1.68. The average Bonchev–Trinajstić information content (AvgIpc) is 3.14. The van der Waals surface area contributed by atoms with Crippen LogP contribution >= 0.6 is 0 Å². The average molecular weight is 332 g/mol. The van der Waals surface area contributed by atoms with Crippen LogP contribution in [0.15, 0.2) is 18.3 Å². The molecule has 2 aromatic rings. The minimum absolute atomic E-state index is 0.0900. The number of aromatic amines is 1. The maximum Gasteiger partial charge on any atom is 0.269 e. The lowest BCUT2D eigenvalue weighted by molar-refractivity contribution is -0.0364. The van der Waals surface area contributed by atoms with Crippen molar-refractivity contribution >= 4 is 11.9 Å². The van der Waals surface area contributed by atoms with Crippen LogP contribution in [0.1, 0.15) is 21.9 Å². The number of nitrogens with zero attached hydrogens (tertiary/aromatic N) is 4. The monoisotopic (exact) mass is 332 g/mol. The molecule has 9 heteroatoms. The third kappa shape index (κ3) is 3.22. The van der Waals surface area contributed by atoms with E-state index >= 15 is 0 Å². The third-order valence-corrected chi connectivity index (χ3v) is 4.03. The highest BCUT2D eigenvalue weighted by atomic mass is 16.3. The Morgan fingerprint density at radius 1 is 1.46 bits per heavy atom. The lowest BCUT2D eigenvalue weighted by atomic mass is 10.0. The Bertz CT molecular complexity index is 715. The summed E-state index contributed by atoms with van der Waals surface area (Å²) in [4.78, 5) is 22.3. The van der Waals surface area contributed by atoms with E-state index in [-0.39, 0.29) is 19.6 Å². The van der Waals surface area contributed by atoms with Crippen molar-refractivity contribution < 1.29 is 15.0 Å². The zero-order valence-electron chi connectivity index (χ0n) is 13.5. The van der Waals surface area contributed by atoms with Crippen molar-refractivity contribution in [2.45, 2.75) is 25.6 Å². The number of aliphatic hydroxyl groups excluding tert-OH is 1. The van der Waals surface area contributed by atoms with Gasteiger partial charge in [0, 0.05) is 24.1 Å². The van der Waals surface area contributed by atoms with E-state index in [0.717, 1.165) is 11.4 Å². The summed E-state index contributed by atoms with van der Waals surface area (Å²) in [6, 6.07) is 3.38. The van der Waals surface area contributed by atoms with Gasteiger partial charge in [-0.25, -0.2) is 9.97 Å². The number of nitrogens with one attached hydrogen (secondary N) is 2. The van der Waals surface area contributed by atoms with Gasteiger partial charge in [0.05, 0.1) is 13.1 Å². The molecule has 0 unspecified atom stereocenters. The van der Waals surface area contributed by atoms with Gasteiger partial charge in [0.25, 0.3) is 5.91 Å². The van der Waals surface area contributed by atoms with Crippen LogP contribution < -0.4 is 10.2 Å². The highest BCUT2D eigenvalue weighted by molar-refractivity contribution is 5.92. The van der Waals surface area contributed by atoms with Crippen LogP contribution in [0.25, 0.3) is 0 Å². The molecular formula is C15H20N6O3. The standard InChI is InChI=1S/C15H20N6O3/c1-9-5-10(2)19-14(18-9)21-6-12(22)15(24,8-21)7-16-13(23)11-3-4-17-20-11/h3-5,12,22,24H,6-8H2,1-2H3,(H,16,23)(H,17,20)/t12-,15+/m1/s1. The van der Waals surface area contributed by atoms with Crippen LogP contribution in [0.2, 0.25) is 0 Å². The quantitative estimate of drug-likeness (QED) is 0.575. The fourth-order valence-electron chi connectivity index (χ4n) is 2.76. The van der Waals surface area contributed by atoms with Crippen molar-refractivity contribution in [2.75, 3.05) is 24.5 Å². The predicted octanol–water partition coefficient (Wildman–Crippen LogP) is -0.841. The Morgan fingerprint density at radius 3 is 2.79 bits per heavy atom. The number of aliphatic hydroxyl groups is 2. The molecule has 0 saturated carbocycles. The van der Waals surface area contributed by atoms with E-state index < -0.39 is 17.6 Å². The number of hydrogen-bond acceptors (Lipinski definition) is 7. The number of aromatic nitrogens is 4. The largest absolute Gasteiger partial charge is 0.388 e. The number of carbonyl (C=O) groups is 1. The number of amides is 1. The highest BCUT2D eigenvalue weighted by Gasteiger charge is 2.45.